The van der Waals surface area contributed by atoms with Crippen molar-refractivity contribution >= 4 is 43.5 Å². The monoisotopic (exact) mass is 305 g/mol. The van der Waals surface area contributed by atoms with E-state index in [9.17, 15) is 4.79 Å². The molecule has 0 radical (unpaired) electrons. The summed E-state index contributed by atoms with van der Waals surface area (Å²) in [5.41, 5.74) is 1.85. The van der Waals surface area contributed by atoms with Crippen molar-refractivity contribution in [3.05, 3.63) is 26.6 Å². The van der Waals surface area contributed by atoms with Gasteiger partial charge in [0.05, 0.1) is 0 Å². The molecule has 1 N–H and O–H groups in total. The molecule has 1 rings (SSSR count). The van der Waals surface area contributed by atoms with Crippen LogP contribution >= 0.6 is 31.9 Å². The lowest BCUT2D eigenvalue weighted by Crippen LogP contribution is -2.07. The van der Waals surface area contributed by atoms with Crippen molar-refractivity contribution in [1.29, 1.82) is 0 Å². The van der Waals surface area contributed by atoms with E-state index < -0.39 is 0 Å². The first-order valence-corrected chi connectivity index (χ1v) is 5.33. The van der Waals surface area contributed by atoms with Crippen molar-refractivity contribution in [3.63, 3.8) is 0 Å². The zero-order valence-electron chi connectivity index (χ0n) is 7.32. The maximum Gasteiger partial charge on any atom is 0.221 e. The molecule has 0 bridgehead atoms. The SMILES string of the molecule is CC(=O)Nc1ccc(Br)c(Br)c1C. The molecule has 13 heavy (non-hydrogen) atoms. The molecule has 0 heterocycles. The number of halogens is 2. The van der Waals surface area contributed by atoms with Gasteiger partial charge in [-0.25, -0.2) is 0 Å². The maximum atomic E-state index is 10.8. The smallest absolute Gasteiger partial charge is 0.221 e. The van der Waals surface area contributed by atoms with E-state index in [1.165, 1.54) is 6.92 Å². The number of benzene rings is 1. The Bertz CT molecular complexity index is 350. The average molecular weight is 307 g/mol. The molecule has 1 aromatic rings. The van der Waals surface area contributed by atoms with Crippen molar-refractivity contribution in [2.45, 2.75) is 13.8 Å². The molecule has 0 atom stereocenters. The molecular weight excluding hydrogens is 298 g/mol. The van der Waals surface area contributed by atoms with Crippen LogP contribution in [0.5, 0.6) is 0 Å². The molecule has 0 saturated heterocycles. The summed E-state index contributed by atoms with van der Waals surface area (Å²) >= 11 is 6.81. The summed E-state index contributed by atoms with van der Waals surface area (Å²) in [7, 11) is 0. The van der Waals surface area contributed by atoms with Gasteiger partial charge < -0.3 is 5.32 Å². The van der Waals surface area contributed by atoms with E-state index in [1.54, 1.807) is 0 Å². The van der Waals surface area contributed by atoms with E-state index in [1.807, 2.05) is 19.1 Å². The van der Waals surface area contributed by atoms with Gasteiger partial charge in [-0.2, -0.15) is 0 Å². The first-order valence-electron chi connectivity index (χ1n) is 3.74. The zero-order valence-corrected chi connectivity index (χ0v) is 10.5. The summed E-state index contributed by atoms with van der Waals surface area (Å²) in [6.45, 7) is 3.44. The number of carbonyl (C=O) groups excluding carboxylic acids is 1. The van der Waals surface area contributed by atoms with Crippen LogP contribution in [0, 0.1) is 6.92 Å². The van der Waals surface area contributed by atoms with Gasteiger partial charge in [-0.1, -0.05) is 0 Å². The Morgan fingerprint density at radius 2 is 2.00 bits per heavy atom. The van der Waals surface area contributed by atoms with Crippen molar-refractivity contribution < 1.29 is 4.79 Å². The molecule has 0 spiro atoms. The fourth-order valence-corrected chi connectivity index (χ4v) is 1.75. The Morgan fingerprint density at radius 1 is 1.38 bits per heavy atom. The highest BCUT2D eigenvalue weighted by molar-refractivity contribution is 9.13. The fourth-order valence-electron chi connectivity index (χ4n) is 0.977. The molecule has 0 aliphatic rings. The van der Waals surface area contributed by atoms with E-state index >= 15 is 0 Å². The van der Waals surface area contributed by atoms with Gasteiger partial charge in [-0.05, 0) is 56.5 Å². The molecule has 1 amide bonds. The minimum atomic E-state index is -0.0580. The fraction of sp³-hybridized carbons (Fsp3) is 0.222. The molecular formula is C9H9Br2NO. The Labute approximate surface area is 94.0 Å². The molecule has 0 aliphatic heterocycles. The van der Waals surface area contributed by atoms with Crippen LogP contribution in [0.25, 0.3) is 0 Å². The normalized spacial score (nSPS) is 9.85. The second-order valence-electron chi connectivity index (χ2n) is 2.72. The minimum absolute atomic E-state index is 0.0580. The predicted octanol–water partition coefficient (Wildman–Crippen LogP) is 3.48. The number of hydrogen-bond donors (Lipinski definition) is 1. The molecule has 0 saturated carbocycles. The lowest BCUT2D eigenvalue weighted by Gasteiger charge is -2.08. The number of amides is 1. The van der Waals surface area contributed by atoms with Gasteiger partial charge >= 0.3 is 0 Å². The third kappa shape index (κ3) is 2.54. The van der Waals surface area contributed by atoms with Crippen molar-refractivity contribution in [3.8, 4) is 0 Å². The molecule has 0 fully saturated rings. The van der Waals surface area contributed by atoms with Crippen LogP contribution in [-0.2, 0) is 4.79 Å². The second kappa shape index (κ2) is 4.24. The summed E-state index contributed by atoms with van der Waals surface area (Å²) in [4.78, 5) is 10.8. The number of hydrogen-bond acceptors (Lipinski definition) is 1. The molecule has 4 heteroatoms. The summed E-state index contributed by atoms with van der Waals surface area (Å²) in [5.74, 6) is -0.0580. The summed E-state index contributed by atoms with van der Waals surface area (Å²) in [5, 5.41) is 2.75. The second-order valence-corrected chi connectivity index (χ2v) is 4.36. The predicted molar refractivity (Wildman–Crippen MR) is 60.9 cm³/mol. The summed E-state index contributed by atoms with van der Waals surface area (Å²) in [6.07, 6.45) is 0. The van der Waals surface area contributed by atoms with Gasteiger partial charge in [-0.15, -0.1) is 0 Å². The minimum Gasteiger partial charge on any atom is -0.326 e. The highest BCUT2D eigenvalue weighted by Crippen LogP contribution is 2.31. The van der Waals surface area contributed by atoms with Crippen LogP contribution in [0.4, 0.5) is 5.69 Å². The van der Waals surface area contributed by atoms with Crippen LogP contribution in [0.1, 0.15) is 12.5 Å². The lowest BCUT2D eigenvalue weighted by molar-refractivity contribution is -0.114. The first kappa shape index (κ1) is 10.7. The van der Waals surface area contributed by atoms with Crippen LogP contribution in [0.15, 0.2) is 21.1 Å². The molecule has 2 nitrogen and oxygen atoms in total. The summed E-state index contributed by atoms with van der Waals surface area (Å²) in [6, 6.07) is 3.76. The highest BCUT2D eigenvalue weighted by atomic mass is 79.9. The van der Waals surface area contributed by atoms with Crippen LogP contribution in [0.2, 0.25) is 0 Å². The zero-order chi connectivity index (χ0) is 10.0. The van der Waals surface area contributed by atoms with Gasteiger partial charge in [0.2, 0.25) is 5.91 Å². The quantitative estimate of drug-likeness (QED) is 0.845. The van der Waals surface area contributed by atoms with Gasteiger partial charge in [0.1, 0.15) is 0 Å². The first-order chi connectivity index (χ1) is 6.02. The van der Waals surface area contributed by atoms with Crippen LogP contribution < -0.4 is 5.32 Å². The Morgan fingerprint density at radius 3 is 2.54 bits per heavy atom. The molecule has 70 valence electrons. The summed E-state index contributed by atoms with van der Waals surface area (Å²) < 4.78 is 1.96. The van der Waals surface area contributed by atoms with Crippen LogP contribution in [-0.4, -0.2) is 5.91 Å². The highest BCUT2D eigenvalue weighted by Gasteiger charge is 2.06. The van der Waals surface area contributed by atoms with Crippen molar-refractivity contribution in [2.24, 2.45) is 0 Å². The van der Waals surface area contributed by atoms with E-state index in [2.05, 4.69) is 37.2 Å². The number of nitrogens with one attached hydrogen (secondary N) is 1. The lowest BCUT2D eigenvalue weighted by atomic mass is 10.2. The number of rotatable bonds is 1. The third-order valence-corrected chi connectivity index (χ3v) is 3.86. The van der Waals surface area contributed by atoms with E-state index in [0.29, 0.717) is 0 Å². The van der Waals surface area contributed by atoms with Crippen molar-refractivity contribution in [1.82, 2.24) is 0 Å². The maximum absolute atomic E-state index is 10.8. The number of anilines is 1. The molecule has 0 aromatic heterocycles. The molecule has 0 aliphatic carbocycles. The van der Waals surface area contributed by atoms with Gasteiger partial charge in [0.15, 0.2) is 0 Å². The van der Waals surface area contributed by atoms with Gasteiger partial charge in [0.25, 0.3) is 0 Å². The molecule has 1 aromatic carbocycles. The van der Waals surface area contributed by atoms with E-state index in [0.717, 1.165) is 20.2 Å². The third-order valence-electron chi connectivity index (χ3n) is 1.65. The van der Waals surface area contributed by atoms with Crippen molar-refractivity contribution in [2.75, 3.05) is 5.32 Å². The largest absolute Gasteiger partial charge is 0.326 e. The van der Waals surface area contributed by atoms with Gasteiger partial charge in [-0.3, -0.25) is 4.79 Å². The van der Waals surface area contributed by atoms with E-state index in [4.69, 9.17) is 0 Å². The van der Waals surface area contributed by atoms with Crippen LogP contribution in [0.3, 0.4) is 0 Å². The Hall–Kier alpha value is -0.350. The van der Waals surface area contributed by atoms with E-state index in [-0.39, 0.29) is 5.91 Å². The number of carbonyl (C=O) groups is 1. The molecule has 0 unspecified atom stereocenters. The average Bonchev–Trinajstić information content (AvgIpc) is 2.06. The topological polar surface area (TPSA) is 29.1 Å². The Balaban J connectivity index is 3.10. The Kier molecular flexibility index (Phi) is 3.50. The standard InChI is InChI=1S/C9H9Br2NO/c1-5-8(12-6(2)13)4-3-7(10)9(5)11/h3-4H,1-2H3,(H,12,13). The van der Waals surface area contributed by atoms with Gasteiger partial charge in [0, 0.05) is 21.6 Å².